The molecule has 3 rings (SSSR count). The minimum atomic E-state index is -0.136. The van der Waals surface area contributed by atoms with Crippen molar-refractivity contribution in [2.24, 2.45) is 11.7 Å². The van der Waals surface area contributed by atoms with E-state index in [2.05, 4.69) is 4.90 Å². The molecule has 1 saturated heterocycles. The highest BCUT2D eigenvalue weighted by Gasteiger charge is 2.34. The Labute approximate surface area is 127 Å². The predicted octanol–water partition coefficient (Wildman–Crippen LogP) is 4.31. The molecule has 21 heavy (non-hydrogen) atoms. The molecular weight excluding hydrogens is 263 g/mol. The first-order chi connectivity index (χ1) is 10.1. The van der Waals surface area contributed by atoms with Gasteiger partial charge in [-0.2, -0.15) is 0 Å². The van der Waals surface area contributed by atoms with Gasteiger partial charge in [0.2, 0.25) is 0 Å². The monoisotopic (exact) mass is 290 g/mol. The zero-order valence-corrected chi connectivity index (χ0v) is 13.2. The molecule has 0 radical (unpaired) electrons. The van der Waals surface area contributed by atoms with E-state index in [4.69, 9.17) is 5.73 Å². The van der Waals surface area contributed by atoms with Crippen molar-refractivity contribution in [3.63, 3.8) is 0 Å². The van der Waals surface area contributed by atoms with Gasteiger partial charge in [-0.1, -0.05) is 12.8 Å². The number of anilines is 1. The molecule has 2 N–H and O–H groups in total. The van der Waals surface area contributed by atoms with Gasteiger partial charge in [-0.05, 0) is 68.7 Å². The van der Waals surface area contributed by atoms with Crippen molar-refractivity contribution in [3.05, 3.63) is 29.1 Å². The lowest BCUT2D eigenvalue weighted by Gasteiger charge is -2.46. The molecule has 0 spiro atoms. The number of hydrogen-bond donors (Lipinski definition) is 1. The minimum Gasteiger partial charge on any atom is -0.368 e. The second kappa shape index (κ2) is 5.96. The Hall–Kier alpha value is -1.09. The van der Waals surface area contributed by atoms with E-state index in [-0.39, 0.29) is 11.9 Å². The number of rotatable bonds is 2. The number of aryl methyl sites for hydroxylation is 1. The predicted molar refractivity (Wildman–Crippen MR) is 86.1 cm³/mol. The van der Waals surface area contributed by atoms with Gasteiger partial charge in [-0.3, -0.25) is 0 Å². The molecule has 2 nitrogen and oxygen atoms in total. The summed E-state index contributed by atoms with van der Waals surface area (Å²) in [6, 6.07) is 4.18. The van der Waals surface area contributed by atoms with Crippen LogP contribution in [0.2, 0.25) is 0 Å². The molecule has 0 amide bonds. The SMILES string of the molecule is Cc1cc(N2CCC[C@H]3CCCC[C@H]32)c([C@H](C)N)cc1F. The average molecular weight is 290 g/mol. The zero-order chi connectivity index (χ0) is 15.0. The fourth-order valence-corrected chi connectivity index (χ4v) is 4.22. The lowest BCUT2D eigenvalue weighted by Crippen LogP contribution is -2.47. The third-order valence-corrected chi connectivity index (χ3v) is 5.35. The van der Waals surface area contributed by atoms with E-state index in [0.717, 1.165) is 23.6 Å². The fraction of sp³-hybridized carbons (Fsp3) is 0.667. The largest absolute Gasteiger partial charge is 0.368 e. The standard InChI is InChI=1S/C18H27FN2/c1-12-10-18(15(13(2)20)11-16(12)19)21-9-5-7-14-6-3-4-8-17(14)21/h10-11,13-14,17H,3-9,20H2,1-2H3/t13-,14+,17+/m0/s1. The smallest absolute Gasteiger partial charge is 0.126 e. The summed E-state index contributed by atoms with van der Waals surface area (Å²) in [4.78, 5) is 2.54. The summed E-state index contributed by atoms with van der Waals surface area (Å²) in [5.41, 5.74) is 8.99. The Bertz CT molecular complexity index is 510. The molecule has 0 aromatic heterocycles. The summed E-state index contributed by atoms with van der Waals surface area (Å²) in [7, 11) is 0. The second-order valence-electron chi connectivity index (χ2n) is 6.90. The molecule has 0 unspecified atom stereocenters. The van der Waals surface area contributed by atoms with E-state index in [1.807, 2.05) is 19.9 Å². The Morgan fingerprint density at radius 2 is 1.90 bits per heavy atom. The van der Waals surface area contributed by atoms with E-state index in [9.17, 15) is 4.39 Å². The van der Waals surface area contributed by atoms with Gasteiger partial charge in [0.15, 0.2) is 0 Å². The van der Waals surface area contributed by atoms with Crippen LogP contribution in [-0.2, 0) is 0 Å². The molecule has 0 bridgehead atoms. The van der Waals surface area contributed by atoms with E-state index >= 15 is 0 Å². The van der Waals surface area contributed by atoms with Crippen LogP contribution in [0.25, 0.3) is 0 Å². The molecule has 1 heterocycles. The number of hydrogen-bond acceptors (Lipinski definition) is 2. The molecule has 1 aliphatic carbocycles. The second-order valence-corrected chi connectivity index (χ2v) is 6.90. The zero-order valence-electron chi connectivity index (χ0n) is 13.2. The van der Waals surface area contributed by atoms with Crippen molar-refractivity contribution < 1.29 is 4.39 Å². The number of fused-ring (bicyclic) bond motifs is 1. The lowest BCUT2D eigenvalue weighted by molar-refractivity contribution is 0.243. The lowest BCUT2D eigenvalue weighted by atomic mass is 9.78. The summed E-state index contributed by atoms with van der Waals surface area (Å²) in [5, 5.41) is 0. The van der Waals surface area contributed by atoms with Crippen LogP contribution in [0.3, 0.4) is 0 Å². The van der Waals surface area contributed by atoms with Gasteiger partial charge in [0, 0.05) is 24.3 Å². The molecule has 3 atom stereocenters. The summed E-state index contributed by atoms with van der Waals surface area (Å²) in [5.74, 6) is 0.682. The number of benzene rings is 1. The summed E-state index contributed by atoms with van der Waals surface area (Å²) >= 11 is 0. The Morgan fingerprint density at radius 1 is 1.19 bits per heavy atom. The normalized spacial score (nSPS) is 27.3. The van der Waals surface area contributed by atoms with Gasteiger partial charge in [0.25, 0.3) is 0 Å². The molecule has 1 aliphatic heterocycles. The van der Waals surface area contributed by atoms with Crippen LogP contribution in [0.1, 0.15) is 62.6 Å². The van der Waals surface area contributed by atoms with E-state index in [0.29, 0.717) is 6.04 Å². The van der Waals surface area contributed by atoms with Gasteiger partial charge in [0.05, 0.1) is 0 Å². The Kier molecular flexibility index (Phi) is 4.21. The number of halogens is 1. The molecule has 1 saturated carbocycles. The highest BCUT2D eigenvalue weighted by molar-refractivity contribution is 5.58. The van der Waals surface area contributed by atoms with Crippen LogP contribution >= 0.6 is 0 Å². The maximum atomic E-state index is 13.9. The summed E-state index contributed by atoms with van der Waals surface area (Å²) in [6.45, 7) is 4.90. The van der Waals surface area contributed by atoms with Crippen molar-refractivity contribution in [2.45, 2.75) is 64.5 Å². The van der Waals surface area contributed by atoms with Crippen molar-refractivity contribution in [1.82, 2.24) is 0 Å². The highest BCUT2D eigenvalue weighted by atomic mass is 19.1. The summed E-state index contributed by atoms with van der Waals surface area (Å²) < 4.78 is 13.9. The van der Waals surface area contributed by atoms with Crippen LogP contribution in [0.15, 0.2) is 12.1 Å². The van der Waals surface area contributed by atoms with E-state index < -0.39 is 0 Å². The third-order valence-electron chi connectivity index (χ3n) is 5.35. The van der Waals surface area contributed by atoms with Gasteiger partial charge >= 0.3 is 0 Å². The number of nitrogens with zero attached hydrogens (tertiary/aromatic N) is 1. The van der Waals surface area contributed by atoms with Gasteiger partial charge in [-0.15, -0.1) is 0 Å². The quantitative estimate of drug-likeness (QED) is 0.879. The van der Waals surface area contributed by atoms with Crippen LogP contribution in [0.5, 0.6) is 0 Å². The van der Waals surface area contributed by atoms with Crippen LogP contribution in [-0.4, -0.2) is 12.6 Å². The first-order valence-electron chi connectivity index (χ1n) is 8.40. The Morgan fingerprint density at radius 3 is 2.67 bits per heavy atom. The first-order valence-corrected chi connectivity index (χ1v) is 8.40. The van der Waals surface area contributed by atoms with Crippen molar-refractivity contribution in [3.8, 4) is 0 Å². The van der Waals surface area contributed by atoms with Crippen molar-refractivity contribution >= 4 is 5.69 Å². The maximum absolute atomic E-state index is 13.9. The van der Waals surface area contributed by atoms with Crippen LogP contribution < -0.4 is 10.6 Å². The first kappa shape index (κ1) is 14.8. The minimum absolute atomic E-state index is 0.126. The van der Waals surface area contributed by atoms with Crippen LogP contribution in [0, 0.1) is 18.7 Å². The van der Waals surface area contributed by atoms with Gasteiger partial charge < -0.3 is 10.6 Å². The average Bonchev–Trinajstić information content (AvgIpc) is 2.49. The molecular formula is C18H27FN2. The van der Waals surface area contributed by atoms with Gasteiger partial charge in [0.1, 0.15) is 5.82 Å². The molecule has 116 valence electrons. The molecule has 3 heteroatoms. The van der Waals surface area contributed by atoms with Crippen molar-refractivity contribution in [2.75, 3.05) is 11.4 Å². The van der Waals surface area contributed by atoms with Crippen molar-refractivity contribution in [1.29, 1.82) is 0 Å². The number of nitrogens with two attached hydrogens (primary N) is 1. The highest BCUT2D eigenvalue weighted by Crippen LogP contribution is 2.40. The van der Waals surface area contributed by atoms with E-state index in [1.165, 1.54) is 44.2 Å². The fourth-order valence-electron chi connectivity index (χ4n) is 4.22. The van der Waals surface area contributed by atoms with Gasteiger partial charge in [-0.25, -0.2) is 4.39 Å². The van der Waals surface area contributed by atoms with Crippen LogP contribution in [0.4, 0.5) is 10.1 Å². The molecule has 1 aromatic carbocycles. The van der Waals surface area contributed by atoms with E-state index in [1.54, 1.807) is 6.07 Å². The molecule has 2 fully saturated rings. The third kappa shape index (κ3) is 2.80. The maximum Gasteiger partial charge on any atom is 0.126 e. The molecule has 2 aliphatic rings. The molecule has 1 aromatic rings. The number of piperidine rings is 1. The Balaban J connectivity index is 1.99. The summed E-state index contributed by atoms with van der Waals surface area (Å²) in [6.07, 6.45) is 7.93. The topological polar surface area (TPSA) is 29.3 Å².